The third kappa shape index (κ3) is 3.15. The highest BCUT2D eigenvalue weighted by Crippen LogP contribution is 2.32. The number of aromatic nitrogens is 2. The van der Waals surface area contributed by atoms with Crippen LogP contribution in [0.1, 0.15) is 5.56 Å². The maximum Gasteiger partial charge on any atom is 0.224 e. The first-order chi connectivity index (χ1) is 8.47. The minimum absolute atomic E-state index is 0.176. The van der Waals surface area contributed by atoms with Crippen LogP contribution in [0.2, 0.25) is 10.3 Å². The summed E-state index contributed by atoms with van der Waals surface area (Å²) in [7, 11) is 0. The molecule has 0 spiro atoms. The van der Waals surface area contributed by atoms with Crippen molar-refractivity contribution in [2.45, 2.75) is 6.92 Å². The molecule has 0 bridgehead atoms. The zero-order valence-electron chi connectivity index (χ0n) is 9.14. The first-order valence-electron chi connectivity index (χ1n) is 4.88. The van der Waals surface area contributed by atoms with Gasteiger partial charge in [-0.2, -0.15) is 4.98 Å². The van der Waals surface area contributed by atoms with Crippen LogP contribution < -0.4 is 5.32 Å². The summed E-state index contributed by atoms with van der Waals surface area (Å²) in [5.41, 5.74) is 1.80. The Hall–Kier alpha value is -0.360. The van der Waals surface area contributed by atoms with E-state index in [9.17, 15) is 0 Å². The van der Waals surface area contributed by atoms with Gasteiger partial charge in [-0.15, -0.1) is 0 Å². The van der Waals surface area contributed by atoms with Crippen molar-refractivity contribution in [1.82, 2.24) is 9.97 Å². The van der Waals surface area contributed by atoms with Crippen LogP contribution in [-0.2, 0) is 0 Å². The second kappa shape index (κ2) is 5.74. The molecule has 94 valence electrons. The van der Waals surface area contributed by atoms with Gasteiger partial charge in [0.25, 0.3) is 0 Å². The predicted molar refractivity (Wildman–Crippen MR) is 81.9 cm³/mol. The summed E-state index contributed by atoms with van der Waals surface area (Å²) in [5, 5.41) is 3.99. The molecule has 0 radical (unpaired) electrons. The number of anilines is 2. The van der Waals surface area contributed by atoms with Crippen molar-refractivity contribution < 1.29 is 0 Å². The first-order valence-corrected chi connectivity index (χ1v) is 7.22. The van der Waals surface area contributed by atoms with Crippen LogP contribution >= 0.6 is 55.1 Å². The van der Waals surface area contributed by atoms with Crippen LogP contribution in [0.15, 0.2) is 27.3 Å². The smallest absolute Gasteiger partial charge is 0.224 e. The van der Waals surface area contributed by atoms with Crippen LogP contribution in [0.25, 0.3) is 0 Å². The van der Waals surface area contributed by atoms with Crippen LogP contribution in [0.3, 0.4) is 0 Å². The van der Waals surface area contributed by atoms with Gasteiger partial charge >= 0.3 is 0 Å². The molecule has 0 saturated carbocycles. The minimum Gasteiger partial charge on any atom is -0.338 e. The molecular formula is C11H7Br2Cl2N3. The second-order valence-corrected chi connectivity index (χ2v) is 6.00. The van der Waals surface area contributed by atoms with Gasteiger partial charge in [0, 0.05) is 15.7 Å². The standard InChI is InChI=1S/C11H7Br2Cl2N3/c1-5-2-6(12)9(3-8(5)14)17-10-7(13)4-16-11(15)18-10/h2-4H,1H3,(H,16,17,18). The highest BCUT2D eigenvalue weighted by molar-refractivity contribution is 9.11. The molecule has 0 aliphatic heterocycles. The van der Waals surface area contributed by atoms with Crippen molar-refractivity contribution in [1.29, 1.82) is 0 Å². The summed E-state index contributed by atoms with van der Waals surface area (Å²) in [5.74, 6) is 0.579. The quantitative estimate of drug-likeness (QED) is 0.676. The molecule has 1 aromatic carbocycles. The van der Waals surface area contributed by atoms with Gasteiger partial charge in [-0.25, -0.2) is 4.98 Å². The molecule has 0 fully saturated rings. The Labute approximate surface area is 131 Å². The molecule has 0 aliphatic rings. The van der Waals surface area contributed by atoms with E-state index in [4.69, 9.17) is 23.2 Å². The molecule has 0 atom stereocenters. The maximum atomic E-state index is 6.09. The molecule has 1 aromatic heterocycles. The molecule has 2 rings (SSSR count). The van der Waals surface area contributed by atoms with Gasteiger partial charge in [-0.3, -0.25) is 0 Å². The third-order valence-corrected chi connectivity index (χ3v) is 4.04. The monoisotopic (exact) mass is 409 g/mol. The number of benzene rings is 1. The number of hydrogen-bond acceptors (Lipinski definition) is 3. The van der Waals surface area contributed by atoms with Crippen LogP contribution in [0.5, 0.6) is 0 Å². The summed E-state index contributed by atoms with van der Waals surface area (Å²) in [6, 6.07) is 3.75. The van der Waals surface area contributed by atoms with Crippen LogP contribution in [0, 0.1) is 6.92 Å². The van der Waals surface area contributed by atoms with E-state index in [0.717, 1.165) is 20.2 Å². The van der Waals surface area contributed by atoms with Gasteiger partial charge in [0.2, 0.25) is 5.28 Å². The predicted octanol–water partition coefficient (Wildman–Crippen LogP) is 5.36. The van der Waals surface area contributed by atoms with Gasteiger partial charge in [0.15, 0.2) is 0 Å². The first kappa shape index (κ1) is 14.1. The minimum atomic E-state index is 0.176. The van der Waals surface area contributed by atoms with E-state index in [2.05, 4.69) is 47.1 Å². The molecule has 2 aromatic rings. The van der Waals surface area contributed by atoms with E-state index in [1.54, 1.807) is 6.20 Å². The average molecular weight is 412 g/mol. The summed E-state index contributed by atoms with van der Waals surface area (Å²) < 4.78 is 1.61. The van der Waals surface area contributed by atoms with Crippen LogP contribution in [-0.4, -0.2) is 9.97 Å². The van der Waals surface area contributed by atoms with Crippen molar-refractivity contribution in [3.05, 3.63) is 43.1 Å². The Bertz CT molecular complexity index is 605. The normalized spacial score (nSPS) is 10.5. The molecule has 0 saturated heterocycles. The van der Waals surface area contributed by atoms with Crippen molar-refractivity contribution >= 4 is 66.6 Å². The zero-order chi connectivity index (χ0) is 13.3. The summed E-state index contributed by atoms with van der Waals surface area (Å²) >= 11 is 18.7. The zero-order valence-corrected chi connectivity index (χ0v) is 13.8. The molecule has 1 N–H and O–H groups in total. The highest BCUT2D eigenvalue weighted by atomic mass is 79.9. The fraction of sp³-hybridized carbons (Fsp3) is 0.0909. The highest BCUT2D eigenvalue weighted by Gasteiger charge is 2.08. The van der Waals surface area contributed by atoms with E-state index >= 15 is 0 Å². The molecular weight excluding hydrogens is 405 g/mol. The van der Waals surface area contributed by atoms with Gasteiger partial charge in [0.1, 0.15) is 5.82 Å². The Kier molecular flexibility index (Phi) is 4.48. The Morgan fingerprint density at radius 3 is 2.61 bits per heavy atom. The number of nitrogens with zero attached hydrogens (tertiary/aromatic N) is 2. The molecule has 3 nitrogen and oxygen atoms in total. The van der Waals surface area contributed by atoms with Gasteiger partial charge in [-0.1, -0.05) is 11.6 Å². The van der Waals surface area contributed by atoms with Gasteiger partial charge in [-0.05, 0) is 68.1 Å². The maximum absolute atomic E-state index is 6.09. The molecule has 18 heavy (non-hydrogen) atoms. The van der Waals surface area contributed by atoms with E-state index < -0.39 is 0 Å². The Morgan fingerprint density at radius 1 is 1.17 bits per heavy atom. The fourth-order valence-corrected chi connectivity index (χ4v) is 2.45. The van der Waals surface area contributed by atoms with Crippen LogP contribution in [0.4, 0.5) is 11.5 Å². The number of rotatable bonds is 2. The Balaban J connectivity index is 2.40. The number of halogens is 4. The van der Waals surface area contributed by atoms with E-state index in [1.807, 2.05) is 19.1 Å². The molecule has 1 heterocycles. The summed E-state index contributed by atoms with van der Waals surface area (Å²) in [6.45, 7) is 1.94. The van der Waals surface area contributed by atoms with Crippen molar-refractivity contribution in [2.24, 2.45) is 0 Å². The lowest BCUT2D eigenvalue weighted by Gasteiger charge is -2.11. The fourth-order valence-electron chi connectivity index (χ4n) is 1.30. The molecule has 0 aliphatic carbocycles. The number of hydrogen-bond donors (Lipinski definition) is 1. The Morgan fingerprint density at radius 2 is 1.89 bits per heavy atom. The molecule has 0 amide bonds. The second-order valence-electron chi connectivity index (χ2n) is 3.54. The van der Waals surface area contributed by atoms with Crippen molar-refractivity contribution in [3.8, 4) is 0 Å². The third-order valence-electron chi connectivity index (χ3n) is 2.22. The lowest BCUT2D eigenvalue weighted by atomic mass is 10.2. The largest absolute Gasteiger partial charge is 0.338 e. The van der Waals surface area contributed by atoms with E-state index in [-0.39, 0.29) is 5.28 Å². The number of aryl methyl sites for hydroxylation is 1. The topological polar surface area (TPSA) is 37.8 Å². The molecule has 0 unspecified atom stereocenters. The van der Waals surface area contributed by atoms with E-state index in [0.29, 0.717) is 10.8 Å². The average Bonchev–Trinajstić information content (AvgIpc) is 2.30. The summed E-state index contributed by atoms with van der Waals surface area (Å²) in [4.78, 5) is 7.96. The number of nitrogens with one attached hydrogen (secondary N) is 1. The van der Waals surface area contributed by atoms with Crippen molar-refractivity contribution in [3.63, 3.8) is 0 Å². The van der Waals surface area contributed by atoms with E-state index in [1.165, 1.54) is 0 Å². The SMILES string of the molecule is Cc1cc(Br)c(Nc2nc(Cl)ncc2Br)cc1Cl. The lowest BCUT2D eigenvalue weighted by Crippen LogP contribution is -1.97. The molecule has 7 heteroatoms. The van der Waals surface area contributed by atoms with Gasteiger partial charge in [0.05, 0.1) is 10.2 Å². The summed E-state index contributed by atoms with van der Waals surface area (Å²) in [6.07, 6.45) is 1.58. The van der Waals surface area contributed by atoms with Gasteiger partial charge < -0.3 is 5.32 Å². The lowest BCUT2D eigenvalue weighted by molar-refractivity contribution is 1.15. The van der Waals surface area contributed by atoms with Crippen molar-refractivity contribution in [2.75, 3.05) is 5.32 Å².